The van der Waals surface area contributed by atoms with Crippen LogP contribution < -0.4 is 16.4 Å². The fourth-order valence-corrected chi connectivity index (χ4v) is 2.25. The fourth-order valence-electron chi connectivity index (χ4n) is 2.25. The Balaban J connectivity index is 3.97. The van der Waals surface area contributed by atoms with Gasteiger partial charge < -0.3 is 16.4 Å². The van der Waals surface area contributed by atoms with Crippen molar-refractivity contribution in [1.82, 2.24) is 10.6 Å². The van der Waals surface area contributed by atoms with Gasteiger partial charge in [-0.15, -0.1) is 0 Å². The molecule has 0 saturated heterocycles. The van der Waals surface area contributed by atoms with E-state index in [1.54, 1.807) is 0 Å². The maximum absolute atomic E-state index is 5.91. The molecular weight excluding hydrogens is 222 g/mol. The molecule has 0 aliphatic rings. The third-order valence-electron chi connectivity index (χ3n) is 3.44. The molecule has 0 saturated carbocycles. The number of nitrogens with one attached hydrogen (secondary N) is 2. The minimum atomic E-state index is 0.297. The molecule has 3 nitrogen and oxygen atoms in total. The Kier molecular flexibility index (Phi) is 11.9. The van der Waals surface area contributed by atoms with Gasteiger partial charge in [-0.05, 0) is 45.2 Å². The Morgan fingerprint density at radius 3 is 2.17 bits per heavy atom. The number of rotatable bonds is 12. The topological polar surface area (TPSA) is 50.1 Å². The van der Waals surface area contributed by atoms with Crippen molar-refractivity contribution in [3.8, 4) is 0 Å². The summed E-state index contributed by atoms with van der Waals surface area (Å²) in [6, 6.07) is 0.852. The van der Waals surface area contributed by atoms with Gasteiger partial charge in [-0.25, -0.2) is 0 Å². The average molecular weight is 257 g/mol. The van der Waals surface area contributed by atoms with Crippen molar-refractivity contribution in [2.24, 2.45) is 11.7 Å². The third-order valence-corrected chi connectivity index (χ3v) is 3.44. The SMILES string of the molecule is CCCCNCC(NCCCC)C(C)CC(C)N. The summed E-state index contributed by atoms with van der Waals surface area (Å²) in [4.78, 5) is 0. The fraction of sp³-hybridized carbons (Fsp3) is 1.00. The first-order valence-electron chi connectivity index (χ1n) is 7.81. The predicted octanol–water partition coefficient (Wildman–Crippen LogP) is 2.51. The van der Waals surface area contributed by atoms with Gasteiger partial charge in [-0.3, -0.25) is 0 Å². The molecule has 0 aromatic rings. The molecule has 0 spiro atoms. The molecule has 3 unspecified atom stereocenters. The molecule has 0 fully saturated rings. The monoisotopic (exact) mass is 257 g/mol. The number of hydrogen-bond donors (Lipinski definition) is 3. The highest BCUT2D eigenvalue weighted by molar-refractivity contribution is 4.78. The second kappa shape index (κ2) is 11.9. The van der Waals surface area contributed by atoms with E-state index in [9.17, 15) is 0 Å². The van der Waals surface area contributed by atoms with E-state index in [-0.39, 0.29) is 0 Å². The molecule has 0 aliphatic carbocycles. The zero-order valence-electron chi connectivity index (χ0n) is 13.0. The summed E-state index contributed by atoms with van der Waals surface area (Å²) < 4.78 is 0. The molecule has 4 N–H and O–H groups in total. The lowest BCUT2D eigenvalue weighted by atomic mass is 9.94. The Morgan fingerprint density at radius 2 is 1.61 bits per heavy atom. The van der Waals surface area contributed by atoms with E-state index in [0.717, 1.165) is 26.1 Å². The molecule has 0 aromatic carbocycles. The third kappa shape index (κ3) is 9.86. The second-order valence-electron chi connectivity index (χ2n) is 5.66. The maximum atomic E-state index is 5.91. The Labute approximate surface area is 114 Å². The quantitative estimate of drug-likeness (QED) is 0.471. The summed E-state index contributed by atoms with van der Waals surface area (Å²) in [5.74, 6) is 0.635. The van der Waals surface area contributed by atoms with Crippen molar-refractivity contribution in [1.29, 1.82) is 0 Å². The van der Waals surface area contributed by atoms with Crippen LogP contribution in [-0.2, 0) is 0 Å². The molecule has 0 heterocycles. The van der Waals surface area contributed by atoms with Gasteiger partial charge in [0, 0.05) is 18.6 Å². The van der Waals surface area contributed by atoms with Crippen molar-refractivity contribution in [2.75, 3.05) is 19.6 Å². The molecule has 3 atom stereocenters. The summed E-state index contributed by atoms with van der Waals surface area (Å²) in [5.41, 5.74) is 5.91. The van der Waals surface area contributed by atoms with Crippen LogP contribution in [0.3, 0.4) is 0 Å². The van der Waals surface area contributed by atoms with Crippen LogP contribution in [0.2, 0.25) is 0 Å². The Morgan fingerprint density at radius 1 is 1.00 bits per heavy atom. The molecule has 0 bridgehead atoms. The van der Waals surface area contributed by atoms with E-state index in [2.05, 4.69) is 38.3 Å². The first-order valence-corrected chi connectivity index (χ1v) is 7.81. The highest BCUT2D eigenvalue weighted by atomic mass is 15.0. The van der Waals surface area contributed by atoms with Crippen LogP contribution in [0.5, 0.6) is 0 Å². The average Bonchev–Trinajstić information content (AvgIpc) is 2.31. The van der Waals surface area contributed by atoms with Gasteiger partial charge in [0.2, 0.25) is 0 Å². The van der Waals surface area contributed by atoms with Gasteiger partial charge in [0.15, 0.2) is 0 Å². The van der Waals surface area contributed by atoms with Gasteiger partial charge in [-0.1, -0.05) is 33.6 Å². The number of unbranched alkanes of at least 4 members (excludes halogenated alkanes) is 2. The normalized spacial score (nSPS) is 16.5. The van der Waals surface area contributed by atoms with Crippen LogP contribution >= 0.6 is 0 Å². The molecule has 0 radical (unpaired) electrons. The summed E-state index contributed by atoms with van der Waals surface area (Å²) in [7, 11) is 0. The van der Waals surface area contributed by atoms with E-state index in [0.29, 0.717) is 18.0 Å². The largest absolute Gasteiger partial charge is 0.328 e. The molecule has 110 valence electrons. The van der Waals surface area contributed by atoms with Crippen molar-refractivity contribution >= 4 is 0 Å². The zero-order valence-corrected chi connectivity index (χ0v) is 13.0. The summed E-state index contributed by atoms with van der Waals surface area (Å²) in [6.45, 7) is 12.2. The zero-order chi connectivity index (χ0) is 13.8. The van der Waals surface area contributed by atoms with E-state index in [1.165, 1.54) is 25.7 Å². The lowest BCUT2D eigenvalue weighted by Crippen LogP contribution is -2.45. The summed E-state index contributed by atoms with van der Waals surface area (Å²) in [5, 5.41) is 7.25. The Bertz CT molecular complexity index is 171. The van der Waals surface area contributed by atoms with Gasteiger partial charge >= 0.3 is 0 Å². The van der Waals surface area contributed by atoms with Crippen LogP contribution in [0, 0.1) is 5.92 Å². The molecular formula is C15H35N3. The van der Waals surface area contributed by atoms with Crippen LogP contribution in [0.4, 0.5) is 0 Å². The summed E-state index contributed by atoms with van der Waals surface area (Å²) >= 11 is 0. The predicted molar refractivity (Wildman–Crippen MR) is 81.9 cm³/mol. The van der Waals surface area contributed by atoms with Gasteiger partial charge in [0.25, 0.3) is 0 Å². The van der Waals surface area contributed by atoms with Gasteiger partial charge in [-0.2, -0.15) is 0 Å². The van der Waals surface area contributed by atoms with Crippen molar-refractivity contribution < 1.29 is 0 Å². The highest BCUT2D eigenvalue weighted by Gasteiger charge is 2.17. The smallest absolute Gasteiger partial charge is 0.0218 e. The van der Waals surface area contributed by atoms with E-state index in [4.69, 9.17) is 5.73 Å². The molecule has 18 heavy (non-hydrogen) atoms. The van der Waals surface area contributed by atoms with Crippen LogP contribution in [-0.4, -0.2) is 31.7 Å². The molecule has 0 aromatic heterocycles. The van der Waals surface area contributed by atoms with Crippen molar-refractivity contribution in [3.63, 3.8) is 0 Å². The molecule has 0 rings (SSSR count). The molecule has 0 amide bonds. The van der Waals surface area contributed by atoms with Crippen LogP contribution in [0.1, 0.15) is 59.8 Å². The maximum Gasteiger partial charge on any atom is 0.0218 e. The minimum Gasteiger partial charge on any atom is -0.328 e. The van der Waals surface area contributed by atoms with Gasteiger partial charge in [0.05, 0.1) is 0 Å². The van der Waals surface area contributed by atoms with Gasteiger partial charge in [0.1, 0.15) is 0 Å². The number of nitrogens with two attached hydrogens (primary N) is 1. The van der Waals surface area contributed by atoms with Crippen molar-refractivity contribution in [3.05, 3.63) is 0 Å². The van der Waals surface area contributed by atoms with E-state index in [1.807, 2.05) is 0 Å². The first kappa shape index (κ1) is 17.9. The lowest BCUT2D eigenvalue weighted by molar-refractivity contribution is 0.326. The summed E-state index contributed by atoms with van der Waals surface area (Å²) in [6.07, 6.45) is 6.14. The molecule has 0 aliphatic heterocycles. The molecule has 3 heteroatoms. The Hall–Kier alpha value is -0.120. The minimum absolute atomic E-state index is 0.297. The highest BCUT2D eigenvalue weighted by Crippen LogP contribution is 2.10. The van der Waals surface area contributed by atoms with Crippen LogP contribution in [0.15, 0.2) is 0 Å². The second-order valence-corrected chi connectivity index (χ2v) is 5.66. The van der Waals surface area contributed by atoms with E-state index >= 15 is 0 Å². The van der Waals surface area contributed by atoms with Crippen molar-refractivity contribution in [2.45, 2.75) is 71.9 Å². The standard InChI is InChI=1S/C15H35N3/c1-5-7-9-17-12-15(18-10-8-6-2)13(3)11-14(4)16/h13-15,17-18H,5-12,16H2,1-4H3. The number of hydrogen-bond acceptors (Lipinski definition) is 3. The van der Waals surface area contributed by atoms with Crippen LogP contribution in [0.25, 0.3) is 0 Å². The van der Waals surface area contributed by atoms with E-state index < -0.39 is 0 Å². The lowest BCUT2D eigenvalue weighted by Gasteiger charge is -2.27. The first-order chi connectivity index (χ1) is 8.61.